The fourth-order valence-corrected chi connectivity index (χ4v) is 4.55. The Morgan fingerprint density at radius 3 is 2.52 bits per heavy atom. The summed E-state index contributed by atoms with van der Waals surface area (Å²) in [4.78, 5) is 27.8. The number of aromatic hydroxyl groups is 1. The molecular formula is C19H13Br2FN2O4S. The number of thioether (sulfide) groups is 1. The molecule has 0 aromatic heterocycles. The van der Waals surface area contributed by atoms with Gasteiger partial charge in [0.25, 0.3) is 5.91 Å². The molecule has 10 heteroatoms. The van der Waals surface area contributed by atoms with Crippen molar-refractivity contribution in [3.63, 3.8) is 0 Å². The number of nitrogens with zero attached hydrogens (tertiary/aromatic N) is 1. The van der Waals surface area contributed by atoms with Crippen molar-refractivity contribution in [3.05, 3.63) is 61.1 Å². The zero-order valence-electron chi connectivity index (χ0n) is 14.7. The lowest BCUT2D eigenvalue weighted by molar-refractivity contribution is -0.138. The Morgan fingerprint density at radius 1 is 1.28 bits per heavy atom. The van der Waals surface area contributed by atoms with E-state index in [4.69, 9.17) is 5.11 Å². The first kappa shape index (κ1) is 21.5. The number of carbonyl (C=O) groups excluding carboxylic acids is 1. The van der Waals surface area contributed by atoms with E-state index in [1.54, 1.807) is 18.2 Å². The third kappa shape index (κ3) is 4.88. The molecule has 1 saturated heterocycles. The van der Waals surface area contributed by atoms with Crippen LogP contribution in [0.3, 0.4) is 0 Å². The van der Waals surface area contributed by atoms with E-state index in [0.29, 0.717) is 19.4 Å². The van der Waals surface area contributed by atoms with Crippen molar-refractivity contribution in [2.24, 2.45) is 4.99 Å². The van der Waals surface area contributed by atoms with Gasteiger partial charge < -0.3 is 15.5 Å². The molecule has 0 aliphatic carbocycles. The number of halogens is 3. The zero-order valence-corrected chi connectivity index (χ0v) is 18.7. The number of amides is 1. The van der Waals surface area contributed by atoms with E-state index in [1.165, 1.54) is 19.1 Å². The molecule has 1 fully saturated rings. The molecule has 3 rings (SSSR count). The second-order valence-electron chi connectivity index (χ2n) is 6.08. The summed E-state index contributed by atoms with van der Waals surface area (Å²) in [6.45, 7) is 1.40. The Morgan fingerprint density at radius 2 is 1.93 bits per heavy atom. The standard InChI is InChI=1S/C19H13Br2FN2O4S/c1-8(18(27)28)11-3-2-10(7-14(11)22)23-19-24-17(26)15(29-19)6-9-4-12(20)16(25)13(21)5-9/h2-8,25H,1H3,(H,27,28)(H,23,24,26)/b15-6+. The fraction of sp³-hybridized carbons (Fsp3) is 0.105. The molecule has 1 aliphatic heterocycles. The minimum absolute atomic E-state index is 0.0561. The van der Waals surface area contributed by atoms with Crippen molar-refractivity contribution in [1.82, 2.24) is 5.32 Å². The summed E-state index contributed by atoms with van der Waals surface area (Å²) in [5, 5.41) is 21.7. The molecule has 29 heavy (non-hydrogen) atoms. The number of carbonyl (C=O) groups is 2. The minimum atomic E-state index is -1.12. The fourth-order valence-electron chi connectivity index (χ4n) is 2.49. The molecule has 2 aromatic carbocycles. The highest BCUT2D eigenvalue weighted by Crippen LogP contribution is 2.35. The second-order valence-corrected chi connectivity index (χ2v) is 8.82. The van der Waals surface area contributed by atoms with Gasteiger partial charge in [-0.1, -0.05) is 6.07 Å². The maximum Gasteiger partial charge on any atom is 0.310 e. The van der Waals surface area contributed by atoms with Crippen molar-refractivity contribution >= 4 is 72.4 Å². The molecule has 0 spiro atoms. The van der Waals surface area contributed by atoms with Gasteiger partial charge in [-0.05, 0) is 86.5 Å². The van der Waals surface area contributed by atoms with Crippen LogP contribution in [0.4, 0.5) is 10.1 Å². The van der Waals surface area contributed by atoms with Crippen LogP contribution in [0.2, 0.25) is 0 Å². The average molecular weight is 544 g/mol. The molecule has 1 atom stereocenters. The van der Waals surface area contributed by atoms with Crippen LogP contribution in [-0.2, 0) is 9.59 Å². The predicted molar refractivity (Wildman–Crippen MR) is 117 cm³/mol. The molecule has 0 radical (unpaired) electrons. The number of aliphatic imine (C=N–C) groups is 1. The van der Waals surface area contributed by atoms with E-state index in [2.05, 4.69) is 42.2 Å². The van der Waals surface area contributed by atoms with Crippen LogP contribution in [0.5, 0.6) is 5.75 Å². The number of phenols is 1. The van der Waals surface area contributed by atoms with Gasteiger partial charge in [0.1, 0.15) is 11.6 Å². The maximum atomic E-state index is 14.2. The summed E-state index contributed by atoms with van der Waals surface area (Å²) in [5.74, 6) is -3.07. The van der Waals surface area contributed by atoms with Crippen molar-refractivity contribution < 1.29 is 24.2 Å². The number of carboxylic acids is 1. The zero-order chi connectivity index (χ0) is 21.3. The predicted octanol–water partition coefficient (Wildman–Crippen LogP) is 5.14. The Labute approximate surface area is 186 Å². The first-order valence-electron chi connectivity index (χ1n) is 8.15. The second kappa shape index (κ2) is 8.68. The van der Waals surface area contributed by atoms with Gasteiger partial charge in [0.15, 0.2) is 5.17 Å². The monoisotopic (exact) mass is 542 g/mol. The van der Waals surface area contributed by atoms with Gasteiger partial charge in [0, 0.05) is 5.56 Å². The number of aliphatic carboxylic acids is 1. The molecule has 1 amide bonds. The van der Waals surface area contributed by atoms with Gasteiger partial charge in [0.05, 0.1) is 25.5 Å². The number of carboxylic acid groups (broad SMARTS) is 1. The molecule has 3 N–H and O–H groups in total. The summed E-state index contributed by atoms with van der Waals surface area (Å²) >= 11 is 7.56. The number of nitrogens with one attached hydrogen (secondary N) is 1. The quantitative estimate of drug-likeness (QED) is 0.464. The van der Waals surface area contributed by atoms with Gasteiger partial charge in [-0.25, -0.2) is 9.38 Å². The van der Waals surface area contributed by atoms with Crippen LogP contribution in [0, 0.1) is 5.82 Å². The highest BCUT2D eigenvalue weighted by atomic mass is 79.9. The molecular weight excluding hydrogens is 531 g/mol. The van der Waals surface area contributed by atoms with Crippen molar-refractivity contribution in [1.29, 1.82) is 0 Å². The largest absolute Gasteiger partial charge is 0.506 e. The van der Waals surface area contributed by atoms with Gasteiger partial charge in [-0.2, -0.15) is 0 Å². The summed E-state index contributed by atoms with van der Waals surface area (Å²) < 4.78 is 15.2. The van der Waals surface area contributed by atoms with Gasteiger partial charge in [-0.15, -0.1) is 0 Å². The highest BCUT2D eigenvalue weighted by molar-refractivity contribution is 9.11. The summed E-state index contributed by atoms with van der Waals surface area (Å²) in [6, 6.07) is 7.32. The van der Waals surface area contributed by atoms with Gasteiger partial charge in [-0.3, -0.25) is 9.59 Å². The number of hydrogen-bond donors (Lipinski definition) is 3. The summed E-state index contributed by atoms with van der Waals surface area (Å²) in [5.41, 5.74) is 0.996. The number of hydrogen-bond acceptors (Lipinski definition) is 5. The van der Waals surface area contributed by atoms with E-state index in [0.717, 1.165) is 17.8 Å². The molecule has 1 unspecified atom stereocenters. The Hall–Kier alpha value is -2.17. The van der Waals surface area contributed by atoms with E-state index < -0.39 is 17.7 Å². The third-order valence-corrected chi connectivity index (χ3v) is 6.16. The minimum Gasteiger partial charge on any atom is -0.506 e. The lowest BCUT2D eigenvalue weighted by Crippen LogP contribution is -2.19. The van der Waals surface area contributed by atoms with E-state index in [-0.39, 0.29) is 28.1 Å². The molecule has 6 nitrogen and oxygen atoms in total. The lowest BCUT2D eigenvalue weighted by Gasteiger charge is -2.08. The number of amidine groups is 1. The summed E-state index contributed by atoms with van der Waals surface area (Å²) in [7, 11) is 0. The number of rotatable bonds is 4. The smallest absolute Gasteiger partial charge is 0.310 e. The molecule has 1 heterocycles. The maximum absolute atomic E-state index is 14.2. The van der Waals surface area contributed by atoms with E-state index >= 15 is 0 Å². The molecule has 2 aromatic rings. The van der Waals surface area contributed by atoms with Crippen molar-refractivity contribution in [2.75, 3.05) is 0 Å². The van der Waals surface area contributed by atoms with Crippen LogP contribution in [0.25, 0.3) is 6.08 Å². The van der Waals surface area contributed by atoms with Gasteiger partial charge >= 0.3 is 5.97 Å². The first-order valence-corrected chi connectivity index (χ1v) is 10.6. The number of phenolic OH excluding ortho intramolecular Hbond substituents is 1. The van der Waals surface area contributed by atoms with Crippen molar-refractivity contribution in [2.45, 2.75) is 12.8 Å². The van der Waals surface area contributed by atoms with Gasteiger partial charge in [0.2, 0.25) is 0 Å². The summed E-state index contributed by atoms with van der Waals surface area (Å²) in [6.07, 6.45) is 1.63. The Kier molecular flexibility index (Phi) is 6.45. The average Bonchev–Trinajstić information content (AvgIpc) is 2.98. The Bertz CT molecular complexity index is 1060. The normalized spacial score (nSPS) is 17.6. The van der Waals surface area contributed by atoms with E-state index in [1.807, 2.05) is 0 Å². The van der Waals surface area contributed by atoms with Crippen LogP contribution < -0.4 is 5.32 Å². The van der Waals surface area contributed by atoms with Crippen molar-refractivity contribution in [3.8, 4) is 5.75 Å². The molecule has 1 aliphatic rings. The lowest BCUT2D eigenvalue weighted by atomic mass is 10.0. The molecule has 150 valence electrons. The van der Waals surface area contributed by atoms with Crippen LogP contribution in [0.1, 0.15) is 24.0 Å². The number of benzene rings is 2. The first-order chi connectivity index (χ1) is 13.7. The third-order valence-electron chi connectivity index (χ3n) is 4.04. The molecule has 0 saturated carbocycles. The highest BCUT2D eigenvalue weighted by Gasteiger charge is 2.24. The topological polar surface area (TPSA) is 99.0 Å². The van der Waals surface area contributed by atoms with Crippen LogP contribution >= 0.6 is 43.6 Å². The van der Waals surface area contributed by atoms with Crippen LogP contribution in [0.15, 0.2) is 49.2 Å². The Balaban J connectivity index is 1.84. The SMILES string of the molecule is CC(C(=O)O)c1ccc(N=C2NC(=O)/C(=C\c3cc(Br)c(O)c(Br)c3)S2)cc1F. The van der Waals surface area contributed by atoms with Crippen LogP contribution in [-0.4, -0.2) is 27.3 Å². The van der Waals surface area contributed by atoms with E-state index in [9.17, 15) is 19.1 Å². The molecule has 0 bridgehead atoms.